The SMILES string of the molecule is O=C(NCCc1c[nH]c2ccccc12)c1ccc(C=NO)nc1. The van der Waals surface area contributed by atoms with E-state index in [1.165, 1.54) is 23.4 Å². The lowest BCUT2D eigenvalue weighted by atomic mass is 10.1. The summed E-state index contributed by atoms with van der Waals surface area (Å²) in [6.07, 6.45) is 5.39. The summed E-state index contributed by atoms with van der Waals surface area (Å²) in [4.78, 5) is 19.3. The van der Waals surface area contributed by atoms with Gasteiger partial charge < -0.3 is 15.5 Å². The van der Waals surface area contributed by atoms with Crippen LogP contribution in [0, 0.1) is 0 Å². The molecule has 0 saturated heterocycles. The van der Waals surface area contributed by atoms with Gasteiger partial charge in [0.15, 0.2) is 0 Å². The van der Waals surface area contributed by atoms with Crippen LogP contribution in [0.1, 0.15) is 21.6 Å². The molecular formula is C17H16N4O2. The second-order valence-electron chi connectivity index (χ2n) is 5.08. The summed E-state index contributed by atoms with van der Waals surface area (Å²) in [5.41, 5.74) is 3.23. The van der Waals surface area contributed by atoms with Gasteiger partial charge in [-0.15, -0.1) is 0 Å². The van der Waals surface area contributed by atoms with Crippen LogP contribution in [0.2, 0.25) is 0 Å². The zero-order valence-corrected chi connectivity index (χ0v) is 12.4. The van der Waals surface area contributed by atoms with Crippen molar-refractivity contribution >= 4 is 23.0 Å². The Bertz CT molecular complexity index is 837. The quantitative estimate of drug-likeness (QED) is 0.384. The van der Waals surface area contributed by atoms with E-state index in [1.54, 1.807) is 12.1 Å². The van der Waals surface area contributed by atoms with Crippen LogP contribution >= 0.6 is 0 Å². The number of para-hydroxylation sites is 1. The highest BCUT2D eigenvalue weighted by atomic mass is 16.4. The summed E-state index contributed by atoms with van der Waals surface area (Å²) in [7, 11) is 0. The first kappa shape index (κ1) is 14.8. The van der Waals surface area contributed by atoms with Gasteiger partial charge in [0.1, 0.15) is 0 Å². The standard InChI is InChI=1S/C17H16N4O2/c22-17(13-5-6-14(11-21-23)19-10-13)18-8-7-12-9-20-16-4-2-1-3-15(12)16/h1-6,9-11,20,23H,7-8H2,(H,18,22). The molecule has 1 aromatic carbocycles. The van der Waals surface area contributed by atoms with Crippen LogP contribution in [-0.4, -0.2) is 33.8 Å². The van der Waals surface area contributed by atoms with Crippen LogP contribution in [0.4, 0.5) is 0 Å². The summed E-state index contributed by atoms with van der Waals surface area (Å²) in [6, 6.07) is 11.3. The maximum Gasteiger partial charge on any atom is 0.252 e. The Labute approximate surface area is 132 Å². The highest BCUT2D eigenvalue weighted by Gasteiger charge is 2.07. The van der Waals surface area contributed by atoms with E-state index in [0.29, 0.717) is 17.8 Å². The number of carbonyl (C=O) groups excluding carboxylic acids is 1. The monoisotopic (exact) mass is 308 g/mol. The molecule has 0 spiro atoms. The van der Waals surface area contributed by atoms with Crippen molar-refractivity contribution in [3.63, 3.8) is 0 Å². The topological polar surface area (TPSA) is 90.4 Å². The van der Waals surface area contributed by atoms with Gasteiger partial charge in [0.2, 0.25) is 0 Å². The van der Waals surface area contributed by atoms with Crippen molar-refractivity contribution in [3.8, 4) is 0 Å². The zero-order chi connectivity index (χ0) is 16.1. The molecule has 0 radical (unpaired) electrons. The van der Waals surface area contributed by atoms with Gasteiger partial charge in [-0.2, -0.15) is 0 Å². The van der Waals surface area contributed by atoms with E-state index < -0.39 is 0 Å². The summed E-state index contributed by atoms with van der Waals surface area (Å²) < 4.78 is 0. The molecule has 1 amide bonds. The molecule has 2 heterocycles. The number of benzene rings is 1. The third-order valence-electron chi connectivity index (χ3n) is 3.59. The van der Waals surface area contributed by atoms with Crippen LogP contribution < -0.4 is 5.32 Å². The molecule has 3 N–H and O–H groups in total. The van der Waals surface area contributed by atoms with Gasteiger partial charge in [0.05, 0.1) is 17.5 Å². The van der Waals surface area contributed by atoms with E-state index in [4.69, 9.17) is 5.21 Å². The van der Waals surface area contributed by atoms with Crippen molar-refractivity contribution in [1.82, 2.24) is 15.3 Å². The van der Waals surface area contributed by atoms with E-state index in [2.05, 4.69) is 26.5 Å². The molecule has 3 rings (SSSR count). The molecule has 3 aromatic rings. The van der Waals surface area contributed by atoms with Gasteiger partial charge in [-0.3, -0.25) is 9.78 Å². The molecule has 0 saturated carbocycles. The minimum Gasteiger partial charge on any atom is -0.411 e. The zero-order valence-electron chi connectivity index (χ0n) is 12.4. The predicted octanol–water partition coefficient (Wildman–Crippen LogP) is 2.34. The minimum absolute atomic E-state index is 0.176. The van der Waals surface area contributed by atoms with Gasteiger partial charge in [0.25, 0.3) is 5.91 Å². The molecule has 0 fully saturated rings. The molecule has 23 heavy (non-hydrogen) atoms. The van der Waals surface area contributed by atoms with Crippen molar-refractivity contribution in [2.45, 2.75) is 6.42 Å². The Kier molecular flexibility index (Phi) is 4.33. The highest BCUT2D eigenvalue weighted by Crippen LogP contribution is 2.17. The van der Waals surface area contributed by atoms with Crippen LogP contribution in [0.15, 0.2) is 53.9 Å². The number of hydrogen-bond acceptors (Lipinski definition) is 4. The molecule has 0 aliphatic heterocycles. The Morgan fingerprint density at radius 1 is 1.30 bits per heavy atom. The van der Waals surface area contributed by atoms with Crippen molar-refractivity contribution in [1.29, 1.82) is 0 Å². The van der Waals surface area contributed by atoms with Crippen LogP contribution in [0.5, 0.6) is 0 Å². The maximum absolute atomic E-state index is 12.1. The largest absolute Gasteiger partial charge is 0.411 e. The Balaban J connectivity index is 1.58. The predicted molar refractivity (Wildman–Crippen MR) is 88.0 cm³/mol. The third kappa shape index (κ3) is 3.37. The Hall–Kier alpha value is -3.15. The number of rotatable bonds is 5. The van der Waals surface area contributed by atoms with Crippen molar-refractivity contribution in [3.05, 3.63) is 65.6 Å². The maximum atomic E-state index is 12.1. The first-order chi connectivity index (χ1) is 11.3. The fourth-order valence-corrected chi connectivity index (χ4v) is 2.43. The lowest BCUT2D eigenvalue weighted by Gasteiger charge is -2.05. The fourth-order valence-electron chi connectivity index (χ4n) is 2.43. The van der Waals surface area contributed by atoms with Crippen molar-refractivity contribution in [2.24, 2.45) is 5.16 Å². The van der Waals surface area contributed by atoms with E-state index in [-0.39, 0.29) is 5.91 Å². The highest BCUT2D eigenvalue weighted by molar-refractivity contribution is 5.94. The number of carbonyl (C=O) groups is 1. The van der Waals surface area contributed by atoms with Crippen molar-refractivity contribution in [2.75, 3.05) is 6.54 Å². The fraction of sp³-hybridized carbons (Fsp3) is 0.118. The molecule has 6 heteroatoms. The molecule has 6 nitrogen and oxygen atoms in total. The van der Waals surface area contributed by atoms with E-state index in [9.17, 15) is 4.79 Å². The molecule has 0 bridgehead atoms. The lowest BCUT2D eigenvalue weighted by molar-refractivity contribution is 0.0954. The Morgan fingerprint density at radius 3 is 2.96 bits per heavy atom. The van der Waals surface area contributed by atoms with E-state index in [0.717, 1.165) is 11.9 Å². The molecule has 2 aromatic heterocycles. The molecule has 0 aliphatic rings. The number of aromatic nitrogens is 2. The second-order valence-corrected chi connectivity index (χ2v) is 5.08. The van der Waals surface area contributed by atoms with Crippen LogP contribution in [-0.2, 0) is 6.42 Å². The number of pyridine rings is 1. The number of nitrogens with one attached hydrogen (secondary N) is 2. The molecule has 0 aliphatic carbocycles. The Morgan fingerprint density at radius 2 is 2.17 bits per heavy atom. The number of hydrogen-bond donors (Lipinski definition) is 3. The number of fused-ring (bicyclic) bond motifs is 1. The minimum atomic E-state index is -0.176. The van der Waals surface area contributed by atoms with E-state index in [1.807, 2.05) is 24.4 Å². The lowest BCUT2D eigenvalue weighted by Crippen LogP contribution is -2.25. The van der Waals surface area contributed by atoms with Gasteiger partial charge in [0, 0.05) is 29.8 Å². The smallest absolute Gasteiger partial charge is 0.252 e. The molecule has 0 atom stereocenters. The van der Waals surface area contributed by atoms with Gasteiger partial charge >= 0.3 is 0 Å². The van der Waals surface area contributed by atoms with Crippen molar-refractivity contribution < 1.29 is 10.0 Å². The number of H-pyrrole nitrogens is 1. The number of oxime groups is 1. The van der Waals surface area contributed by atoms with Crippen LogP contribution in [0.3, 0.4) is 0 Å². The summed E-state index contributed by atoms with van der Waals surface area (Å²) >= 11 is 0. The molecular weight excluding hydrogens is 292 g/mol. The second kappa shape index (κ2) is 6.74. The number of aromatic amines is 1. The van der Waals surface area contributed by atoms with Gasteiger partial charge in [-0.05, 0) is 30.2 Å². The summed E-state index contributed by atoms with van der Waals surface area (Å²) in [5.74, 6) is -0.176. The van der Waals surface area contributed by atoms with Gasteiger partial charge in [-0.1, -0.05) is 23.4 Å². The average Bonchev–Trinajstić information content (AvgIpc) is 2.99. The third-order valence-corrected chi connectivity index (χ3v) is 3.59. The first-order valence-corrected chi connectivity index (χ1v) is 7.24. The van der Waals surface area contributed by atoms with Gasteiger partial charge in [-0.25, -0.2) is 0 Å². The normalized spacial score (nSPS) is 11.1. The number of amides is 1. The molecule has 116 valence electrons. The first-order valence-electron chi connectivity index (χ1n) is 7.24. The van der Waals surface area contributed by atoms with E-state index >= 15 is 0 Å². The average molecular weight is 308 g/mol. The number of nitrogens with zero attached hydrogens (tertiary/aromatic N) is 2. The summed E-state index contributed by atoms with van der Waals surface area (Å²) in [5, 5.41) is 15.4. The molecule has 0 unspecified atom stereocenters. The van der Waals surface area contributed by atoms with Crippen LogP contribution in [0.25, 0.3) is 10.9 Å². The summed E-state index contributed by atoms with van der Waals surface area (Å²) in [6.45, 7) is 0.542.